The van der Waals surface area contributed by atoms with Gasteiger partial charge >= 0.3 is 0 Å². The molecule has 0 saturated carbocycles. The summed E-state index contributed by atoms with van der Waals surface area (Å²) < 4.78 is 0. The maximum atomic E-state index is 2.66. The molecule has 0 unspecified atom stereocenters. The Morgan fingerprint density at radius 3 is 0.891 bits per heavy atom. The normalized spacial score (nSPS) is 16.3. The van der Waals surface area contributed by atoms with Crippen molar-refractivity contribution in [2.75, 3.05) is 0 Å². The van der Waals surface area contributed by atoms with Crippen LogP contribution in [0, 0.1) is 0 Å². The molecule has 0 amide bonds. The zero-order valence-corrected chi connectivity index (χ0v) is 36.8. The summed E-state index contributed by atoms with van der Waals surface area (Å²) in [6.45, 7) is 9.76. The van der Waals surface area contributed by atoms with Gasteiger partial charge in [0.05, 0.1) is 10.8 Å². The van der Waals surface area contributed by atoms with Crippen LogP contribution in [0.1, 0.15) is 83.3 Å². The summed E-state index contributed by atoms with van der Waals surface area (Å²) in [5, 5.41) is 5.18. The minimum absolute atomic E-state index is 0.218. The number of hydrogen-bond donors (Lipinski definition) is 0. The molecule has 0 fully saturated rings. The van der Waals surface area contributed by atoms with E-state index in [4.69, 9.17) is 0 Å². The second-order valence-corrected chi connectivity index (χ2v) is 19.5. The summed E-state index contributed by atoms with van der Waals surface area (Å²) in [5.74, 6) is 0. The Morgan fingerprint density at radius 1 is 0.250 bits per heavy atom. The molecule has 0 aromatic heterocycles. The average Bonchev–Trinajstić information content (AvgIpc) is 3.72. The molecule has 0 radical (unpaired) electrons. The van der Waals surface area contributed by atoms with Crippen LogP contribution in [0.5, 0.6) is 0 Å². The summed E-state index contributed by atoms with van der Waals surface area (Å²) in [6.07, 6.45) is 0. The van der Waals surface area contributed by atoms with E-state index in [2.05, 4.69) is 246 Å². The fraction of sp³-hybridized carbons (Fsp3) is 0.125. The number of hydrogen-bond acceptors (Lipinski definition) is 0. The lowest BCUT2D eigenvalue weighted by atomic mass is 9.43. The third-order valence-electron chi connectivity index (χ3n) is 15.9. The zero-order chi connectivity index (χ0) is 43.0. The zero-order valence-electron chi connectivity index (χ0n) is 36.8. The standard InChI is InChI=1S/C64H48/c1-61(2)53-35-33-41-21-17-19-31-47(41)59(53)51-39-57-49(37-55(51)61)50-38-56-52(60-48-32-20-18-22-42(48)34-36-54(60)62(56,3)4)40-58(50)64(45-27-13-7-14-28-45,46-29-15-8-16-30-46)63(57,43-23-9-5-10-24-43)44-25-11-6-12-26-44/h5-40H,1-4H3. The Hall–Kier alpha value is -7.28. The van der Waals surface area contributed by atoms with Crippen molar-refractivity contribution in [2.24, 2.45) is 0 Å². The molecule has 0 saturated heterocycles. The largest absolute Gasteiger partial charge is 0.0635 e. The van der Waals surface area contributed by atoms with Crippen molar-refractivity contribution in [3.05, 3.63) is 274 Å². The Morgan fingerprint density at radius 2 is 0.547 bits per heavy atom. The summed E-state index contributed by atoms with van der Waals surface area (Å²) in [5.41, 5.74) is 19.4. The van der Waals surface area contributed by atoms with Crippen LogP contribution in [-0.4, -0.2) is 0 Å². The fourth-order valence-electron chi connectivity index (χ4n) is 13.1. The molecule has 10 aromatic carbocycles. The minimum atomic E-state index is -0.753. The number of fused-ring (bicyclic) bond motifs is 13. The Labute approximate surface area is 376 Å². The van der Waals surface area contributed by atoms with Crippen LogP contribution in [-0.2, 0) is 21.7 Å². The SMILES string of the molecule is CC1(C)c2cc3c(cc2-c2c1ccc1ccccc21)C(c1ccccc1)(c1ccccc1)C(c1ccccc1)(c1ccccc1)c1cc2c(cc1-3)C(C)(C)c1ccc3ccccc3c1-2. The molecule has 13 rings (SSSR count). The monoisotopic (exact) mass is 816 g/mol. The quantitative estimate of drug-likeness (QED) is 0.166. The Kier molecular flexibility index (Phi) is 7.65. The van der Waals surface area contributed by atoms with Gasteiger partial charge in [-0.1, -0.05) is 222 Å². The highest BCUT2D eigenvalue weighted by Crippen LogP contribution is 2.68. The molecule has 304 valence electrons. The van der Waals surface area contributed by atoms with Gasteiger partial charge in [0, 0.05) is 10.8 Å². The van der Waals surface area contributed by atoms with E-state index in [9.17, 15) is 0 Å². The molecule has 0 nitrogen and oxygen atoms in total. The van der Waals surface area contributed by atoms with E-state index in [-0.39, 0.29) is 10.8 Å². The topological polar surface area (TPSA) is 0 Å². The van der Waals surface area contributed by atoms with Gasteiger partial charge in [-0.25, -0.2) is 0 Å². The summed E-state index contributed by atoms with van der Waals surface area (Å²) in [4.78, 5) is 0. The van der Waals surface area contributed by atoms with Crippen LogP contribution in [0.15, 0.2) is 218 Å². The van der Waals surface area contributed by atoms with Gasteiger partial charge in [0.2, 0.25) is 0 Å². The lowest BCUT2D eigenvalue weighted by Gasteiger charge is -2.57. The molecule has 10 aromatic rings. The van der Waals surface area contributed by atoms with Gasteiger partial charge in [-0.15, -0.1) is 0 Å². The highest BCUT2D eigenvalue weighted by Gasteiger charge is 2.62. The maximum absolute atomic E-state index is 2.66. The van der Waals surface area contributed by atoms with Crippen molar-refractivity contribution in [3.63, 3.8) is 0 Å². The van der Waals surface area contributed by atoms with Crippen LogP contribution in [0.3, 0.4) is 0 Å². The van der Waals surface area contributed by atoms with Crippen molar-refractivity contribution in [1.82, 2.24) is 0 Å². The van der Waals surface area contributed by atoms with E-state index >= 15 is 0 Å². The smallest absolute Gasteiger partial charge is 0.0622 e. The maximum Gasteiger partial charge on any atom is 0.0635 e. The molecule has 3 aliphatic carbocycles. The molecular formula is C64H48. The Bertz CT molecular complexity index is 3200. The molecule has 0 heteroatoms. The molecule has 0 bridgehead atoms. The van der Waals surface area contributed by atoms with E-state index in [1.165, 1.54) is 111 Å². The first-order valence-electron chi connectivity index (χ1n) is 22.9. The highest BCUT2D eigenvalue weighted by molar-refractivity contribution is 6.06. The number of benzene rings is 10. The van der Waals surface area contributed by atoms with Gasteiger partial charge in [-0.05, 0) is 135 Å². The van der Waals surface area contributed by atoms with Gasteiger partial charge in [0.25, 0.3) is 0 Å². The van der Waals surface area contributed by atoms with Crippen LogP contribution in [0.4, 0.5) is 0 Å². The highest BCUT2D eigenvalue weighted by atomic mass is 14.6. The second kappa shape index (κ2) is 13.1. The summed E-state index contributed by atoms with van der Waals surface area (Å²) in [7, 11) is 0. The van der Waals surface area contributed by atoms with E-state index < -0.39 is 10.8 Å². The average molecular weight is 817 g/mol. The predicted octanol–water partition coefficient (Wildman–Crippen LogP) is 16.0. The molecule has 0 spiro atoms. The van der Waals surface area contributed by atoms with Gasteiger partial charge in [0.15, 0.2) is 0 Å². The fourth-order valence-corrected chi connectivity index (χ4v) is 13.1. The third-order valence-corrected chi connectivity index (χ3v) is 15.9. The third kappa shape index (κ3) is 4.58. The van der Waals surface area contributed by atoms with Crippen molar-refractivity contribution >= 4 is 21.5 Å². The van der Waals surface area contributed by atoms with E-state index in [0.29, 0.717) is 0 Å². The first-order chi connectivity index (χ1) is 31.3. The van der Waals surface area contributed by atoms with E-state index in [1.807, 2.05) is 0 Å². The second-order valence-electron chi connectivity index (χ2n) is 19.5. The first-order valence-corrected chi connectivity index (χ1v) is 22.9. The van der Waals surface area contributed by atoms with Crippen LogP contribution >= 0.6 is 0 Å². The minimum Gasteiger partial charge on any atom is -0.0622 e. The molecule has 64 heavy (non-hydrogen) atoms. The first kappa shape index (κ1) is 37.3. The lowest BCUT2D eigenvalue weighted by Crippen LogP contribution is -2.55. The van der Waals surface area contributed by atoms with Crippen LogP contribution in [0.25, 0.3) is 54.9 Å². The molecule has 0 atom stereocenters. The predicted molar refractivity (Wildman–Crippen MR) is 268 cm³/mol. The lowest BCUT2D eigenvalue weighted by molar-refractivity contribution is 0.414. The Balaban J connectivity index is 1.31. The van der Waals surface area contributed by atoms with Crippen LogP contribution in [0.2, 0.25) is 0 Å². The number of rotatable bonds is 4. The van der Waals surface area contributed by atoms with E-state index in [0.717, 1.165) is 0 Å². The van der Waals surface area contributed by atoms with Crippen molar-refractivity contribution < 1.29 is 0 Å². The van der Waals surface area contributed by atoms with Gasteiger partial charge in [0.1, 0.15) is 0 Å². The van der Waals surface area contributed by atoms with Crippen LogP contribution < -0.4 is 0 Å². The van der Waals surface area contributed by atoms with Gasteiger partial charge in [-0.3, -0.25) is 0 Å². The summed E-state index contributed by atoms with van der Waals surface area (Å²) in [6, 6.07) is 84.0. The molecule has 3 aliphatic rings. The van der Waals surface area contributed by atoms with Crippen molar-refractivity contribution in [3.8, 4) is 33.4 Å². The van der Waals surface area contributed by atoms with Crippen molar-refractivity contribution in [2.45, 2.75) is 49.4 Å². The molecule has 0 heterocycles. The van der Waals surface area contributed by atoms with Gasteiger partial charge < -0.3 is 0 Å². The van der Waals surface area contributed by atoms with Gasteiger partial charge in [-0.2, -0.15) is 0 Å². The summed E-state index contributed by atoms with van der Waals surface area (Å²) >= 11 is 0. The van der Waals surface area contributed by atoms with Crippen molar-refractivity contribution in [1.29, 1.82) is 0 Å². The molecule has 0 N–H and O–H groups in total. The molecule has 0 aliphatic heterocycles. The van der Waals surface area contributed by atoms with E-state index in [1.54, 1.807) is 0 Å². The molecular weight excluding hydrogens is 769 g/mol.